The summed E-state index contributed by atoms with van der Waals surface area (Å²) in [7, 11) is 0. The van der Waals surface area contributed by atoms with Gasteiger partial charge in [0.15, 0.2) is 0 Å². The summed E-state index contributed by atoms with van der Waals surface area (Å²) >= 11 is 0. The Kier molecular flexibility index (Phi) is 9.84. The smallest absolute Gasteiger partial charge is 0.253 e. The maximum Gasteiger partial charge on any atom is 0.253 e. The number of carbonyl (C=O) groups is 1. The molecule has 1 aliphatic heterocycles. The van der Waals surface area contributed by atoms with E-state index in [0.29, 0.717) is 17.2 Å². The predicted molar refractivity (Wildman–Crippen MR) is 173 cm³/mol. The number of benzene rings is 2. The molecule has 2 N–H and O–H groups in total. The number of carbonyl (C=O) groups excluding carboxylic acids is 1. The summed E-state index contributed by atoms with van der Waals surface area (Å²) in [4.78, 5) is 34.3. The van der Waals surface area contributed by atoms with Crippen LogP contribution >= 0.6 is 0 Å². The highest BCUT2D eigenvalue weighted by molar-refractivity contribution is 5.99. The van der Waals surface area contributed by atoms with Crippen LogP contribution in [0, 0.1) is 20.8 Å². The average molecular weight is 569 g/mol. The van der Waals surface area contributed by atoms with Gasteiger partial charge >= 0.3 is 0 Å². The van der Waals surface area contributed by atoms with Crippen molar-refractivity contribution in [2.45, 2.75) is 98.2 Å². The van der Waals surface area contributed by atoms with Crippen LogP contribution in [0.4, 0.5) is 5.69 Å². The molecule has 1 saturated heterocycles. The summed E-state index contributed by atoms with van der Waals surface area (Å²) in [5.41, 5.74) is 8.52. The van der Waals surface area contributed by atoms with E-state index in [1.54, 1.807) is 0 Å². The van der Waals surface area contributed by atoms with Crippen molar-refractivity contribution in [3.8, 4) is 11.1 Å². The van der Waals surface area contributed by atoms with Crippen LogP contribution in [-0.2, 0) is 13.1 Å². The van der Waals surface area contributed by atoms with Crippen molar-refractivity contribution < 1.29 is 4.79 Å². The normalized spacial score (nSPS) is 16.4. The second kappa shape index (κ2) is 13.7. The van der Waals surface area contributed by atoms with Gasteiger partial charge < -0.3 is 15.2 Å². The fourth-order valence-corrected chi connectivity index (χ4v) is 6.96. The van der Waals surface area contributed by atoms with Crippen molar-refractivity contribution in [2.24, 2.45) is 0 Å². The van der Waals surface area contributed by atoms with Crippen LogP contribution in [-0.4, -0.2) is 41.5 Å². The summed E-state index contributed by atoms with van der Waals surface area (Å²) in [6, 6.07) is 15.7. The molecule has 2 fully saturated rings. The van der Waals surface area contributed by atoms with Gasteiger partial charge in [-0.3, -0.25) is 14.5 Å². The molecule has 1 aromatic heterocycles. The van der Waals surface area contributed by atoms with E-state index in [1.165, 1.54) is 70.0 Å². The summed E-state index contributed by atoms with van der Waals surface area (Å²) in [5, 5.41) is 3.07. The third-order valence-electron chi connectivity index (χ3n) is 9.35. The number of nitrogens with one attached hydrogen (secondary N) is 2. The molecule has 1 saturated carbocycles. The number of nitrogens with zero attached hydrogens (tertiary/aromatic N) is 2. The number of aromatic nitrogens is 1. The number of piperidine rings is 1. The fraction of sp³-hybridized carbons (Fsp3) is 0.500. The lowest BCUT2D eigenvalue weighted by Gasteiger charge is -2.37. The minimum atomic E-state index is -0.142. The highest BCUT2D eigenvalue weighted by Gasteiger charge is 2.25. The van der Waals surface area contributed by atoms with Gasteiger partial charge in [0.25, 0.3) is 11.5 Å². The maximum absolute atomic E-state index is 13.8. The zero-order valence-electron chi connectivity index (χ0n) is 26.0. The topological polar surface area (TPSA) is 68.4 Å². The largest absolute Gasteiger partial charge is 0.369 e. The van der Waals surface area contributed by atoms with E-state index >= 15 is 0 Å². The van der Waals surface area contributed by atoms with Crippen LogP contribution in [0.1, 0.15) is 96.6 Å². The standard InChI is InChI=1S/C36H48N4O2/c1-5-40(31-12-8-6-9-13-31)34-22-30(29-16-14-28(15-17-29)24-39-18-10-7-11-19-39)21-32(27(34)4)35(41)37-23-33-25(2)20-26(3)38-36(33)42/h14-17,20-22,31H,5-13,18-19,23-24H2,1-4H3,(H,37,41)(H,38,42). The molecule has 0 spiro atoms. The maximum atomic E-state index is 13.8. The van der Waals surface area contributed by atoms with Crippen molar-refractivity contribution in [3.63, 3.8) is 0 Å². The van der Waals surface area contributed by atoms with E-state index in [9.17, 15) is 9.59 Å². The minimum Gasteiger partial charge on any atom is -0.369 e. The first-order chi connectivity index (χ1) is 20.3. The molecule has 6 nitrogen and oxygen atoms in total. The predicted octanol–water partition coefficient (Wildman–Crippen LogP) is 7.04. The molecule has 3 aromatic rings. The van der Waals surface area contributed by atoms with Crippen LogP contribution in [0.15, 0.2) is 47.3 Å². The molecule has 0 atom stereocenters. The molecule has 42 heavy (non-hydrogen) atoms. The number of hydrogen-bond donors (Lipinski definition) is 2. The monoisotopic (exact) mass is 568 g/mol. The molecule has 0 bridgehead atoms. The number of rotatable bonds is 9. The van der Waals surface area contributed by atoms with Crippen LogP contribution in [0.3, 0.4) is 0 Å². The zero-order chi connectivity index (χ0) is 29.6. The van der Waals surface area contributed by atoms with E-state index in [2.05, 4.69) is 64.3 Å². The summed E-state index contributed by atoms with van der Waals surface area (Å²) in [6.07, 6.45) is 10.1. The van der Waals surface area contributed by atoms with Crippen molar-refractivity contribution in [1.29, 1.82) is 0 Å². The van der Waals surface area contributed by atoms with Crippen molar-refractivity contribution in [3.05, 3.63) is 86.3 Å². The third-order valence-corrected chi connectivity index (χ3v) is 9.35. The minimum absolute atomic E-state index is 0.141. The lowest BCUT2D eigenvalue weighted by atomic mass is 9.91. The number of aryl methyl sites for hydroxylation is 2. The first-order valence-corrected chi connectivity index (χ1v) is 16.0. The second-order valence-electron chi connectivity index (χ2n) is 12.4. The Morgan fingerprint density at radius 3 is 2.29 bits per heavy atom. The van der Waals surface area contributed by atoms with Gasteiger partial charge in [0.1, 0.15) is 0 Å². The zero-order valence-corrected chi connectivity index (χ0v) is 26.0. The lowest BCUT2D eigenvalue weighted by molar-refractivity contribution is 0.0950. The Labute approximate surface area is 251 Å². The number of pyridine rings is 1. The van der Waals surface area contributed by atoms with Gasteiger partial charge in [0, 0.05) is 48.2 Å². The molecule has 5 rings (SSSR count). The molecule has 0 radical (unpaired) electrons. The summed E-state index contributed by atoms with van der Waals surface area (Å²) in [5.74, 6) is -0.142. The highest BCUT2D eigenvalue weighted by atomic mass is 16.1. The molecule has 2 aliphatic rings. The SMILES string of the molecule is CCN(c1cc(-c2ccc(CN3CCCCC3)cc2)cc(C(=O)NCc2c(C)cc(C)[nH]c2=O)c1C)C1CCCCC1. The molecular formula is C36H48N4O2. The number of hydrogen-bond acceptors (Lipinski definition) is 4. The Morgan fingerprint density at radius 2 is 1.62 bits per heavy atom. The second-order valence-corrected chi connectivity index (χ2v) is 12.4. The average Bonchev–Trinajstić information content (AvgIpc) is 2.99. The number of H-pyrrole nitrogens is 1. The van der Waals surface area contributed by atoms with Gasteiger partial charge in [0.2, 0.25) is 0 Å². The molecule has 0 unspecified atom stereocenters. The van der Waals surface area contributed by atoms with E-state index in [4.69, 9.17) is 0 Å². The Balaban J connectivity index is 1.46. The number of anilines is 1. The Bertz CT molecular complexity index is 1430. The van der Waals surface area contributed by atoms with E-state index < -0.39 is 0 Å². The van der Waals surface area contributed by atoms with Crippen LogP contribution in [0.2, 0.25) is 0 Å². The lowest BCUT2D eigenvalue weighted by Crippen LogP contribution is -2.37. The number of likely N-dealkylation sites (tertiary alicyclic amines) is 1. The molecule has 1 amide bonds. The molecule has 224 valence electrons. The van der Waals surface area contributed by atoms with Crippen LogP contribution in [0.5, 0.6) is 0 Å². The molecule has 1 aliphatic carbocycles. The van der Waals surface area contributed by atoms with Crippen molar-refractivity contribution in [2.75, 3.05) is 24.5 Å². The molecule has 2 aromatic carbocycles. The van der Waals surface area contributed by atoms with Crippen LogP contribution in [0.25, 0.3) is 11.1 Å². The van der Waals surface area contributed by atoms with Gasteiger partial charge in [0.05, 0.1) is 0 Å². The van der Waals surface area contributed by atoms with Gasteiger partial charge in [-0.2, -0.15) is 0 Å². The third kappa shape index (κ3) is 6.97. The van der Waals surface area contributed by atoms with Crippen LogP contribution < -0.4 is 15.8 Å². The van der Waals surface area contributed by atoms with E-state index in [-0.39, 0.29) is 18.0 Å². The fourth-order valence-electron chi connectivity index (χ4n) is 6.96. The van der Waals surface area contributed by atoms with Crippen molar-refractivity contribution in [1.82, 2.24) is 15.2 Å². The van der Waals surface area contributed by atoms with Gasteiger partial charge in [-0.05, 0) is 112 Å². The first kappa shape index (κ1) is 30.1. The highest BCUT2D eigenvalue weighted by Crippen LogP contribution is 2.35. The van der Waals surface area contributed by atoms with Gasteiger partial charge in [-0.25, -0.2) is 0 Å². The molecule has 2 heterocycles. The Morgan fingerprint density at radius 1 is 0.929 bits per heavy atom. The first-order valence-electron chi connectivity index (χ1n) is 16.0. The quantitative estimate of drug-likeness (QED) is 0.290. The van der Waals surface area contributed by atoms with Gasteiger partial charge in [-0.1, -0.05) is 49.9 Å². The number of amides is 1. The van der Waals surface area contributed by atoms with Crippen molar-refractivity contribution >= 4 is 11.6 Å². The molecular weight excluding hydrogens is 520 g/mol. The van der Waals surface area contributed by atoms with E-state index in [1.807, 2.05) is 26.0 Å². The number of aromatic amines is 1. The summed E-state index contributed by atoms with van der Waals surface area (Å²) < 4.78 is 0. The van der Waals surface area contributed by atoms with Gasteiger partial charge in [-0.15, -0.1) is 0 Å². The molecule has 6 heteroatoms. The Hall–Kier alpha value is -3.38. The summed E-state index contributed by atoms with van der Waals surface area (Å²) in [6.45, 7) is 12.6. The van der Waals surface area contributed by atoms with E-state index in [0.717, 1.165) is 46.7 Å².